The van der Waals surface area contributed by atoms with E-state index >= 15 is 0 Å². The molecule has 0 saturated heterocycles. The van der Waals surface area contributed by atoms with Gasteiger partial charge in [-0.2, -0.15) is 0 Å². The molecule has 0 aromatic heterocycles. The molecule has 0 aliphatic rings. The summed E-state index contributed by atoms with van der Waals surface area (Å²) in [4.78, 5) is 24.9. The number of halogens is 4. The lowest BCUT2D eigenvalue weighted by molar-refractivity contribution is 0.0724. The van der Waals surface area contributed by atoms with Crippen LogP contribution in [0.1, 0.15) is 31.8 Å². The van der Waals surface area contributed by atoms with Gasteiger partial charge in [-0.25, -0.2) is 27.2 Å². The van der Waals surface area contributed by atoms with E-state index in [1.807, 2.05) is 0 Å². The highest BCUT2D eigenvalue weighted by Gasteiger charge is 2.19. The van der Waals surface area contributed by atoms with Crippen LogP contribution in [-0.4, -0.2) is 11.9 Å². The molecule has 4 aromatic rings. The molecule has 8 heteroatoms. The highest BCUT2D eigenvalue weighted by molar-refractivity contribution is 5.95. The van der Waals surface area contributed by atoms with E-state index in [0.29, 0.717) is 5.39 Å². The zero-order valence-corrected chi connectivity index (χ0v) is 17.9. The van der Waals surface area contributed by atoms with E-state index in [0.717, 1.165) is 29.7 Å². The highest BCUT2D eigenvalue weighted by atomic mass is 19.2. The lowest BCUT2D eigenvalue weighted by Gasteiger charge is -2.10. The van der Waals surface area contributed by atoms with Crippen molar-refractivity contribution >= 4 is 22.7 Å². The number of fused-ring (bicyclic) bond motifs is 1. The van der Waals surface area contributed by atoms with E-state index in [2.05, 4.69) is 0 Å². The van der Waals surface area contributed by atoms with Gasteiger partial charge in [0.1, 0.15) is 11.5 Å². The number of benzene rings is 4. The van der Waals surface area contributed by atoms with E-state index < -0.39 is 35.2 Å². The SMILES string of the molecule is Cc1c(C(=O)Oc2ccc3ccc(OC(=O)c4ccc(F)c(F)c4C)cc3c2)ccc(F)c1F. The van der Waals surface area contributed by atoms with E-state index in [1.165, 1.54) is 38.1 Å². The third kappa shape index (κ3) is 4.34. The van der Waals surface area contributed by atoms with Crippen LogP contribution in [0.4, 0.5) is 17.6 Å². The van der Waals surface area contributed by atoms with Gasteiger partial charge < -0.3 is 9.47 Å². The zero-order valence-electron chi connectivity index (χ0n) is 17.9. The first-order valence-electron chi connectivity index (χ1n) is 10.0. The molecule has 4 rings (SSSR count). The molecule has 0 bridgehead atoms. The molecule has 0 saturated carbocycles. The third-order valence-electron chi connectivity index (χ3n) is 5.32. The number of esters is 2. The number of hydrogen-bond acceptors (Lipinski definition) is 4. The Balaban J connectivity index is 1.58. The minimum absolute atomic E-state index is 0.122. The van der Waals surface area contributed by atoms with E-state index in [-0.39, 0.29) is 33.8 Å². The van der Waals surface area contributed by atoms with Gasteiger partial charge in [0.05, 0.1) is 11.1 Å². The maximum absolute atomic E-state index is 13.8. The van der Waals surface area contributed by atoms with Gasteiger partial charge in [0, 0.05) is 11.1 Å². The molecule has 4 aromatic carbocycles. The van der Waals surface area contributed by atoms with Gasteiger partial charge >= 0.3 is 11.9 Å². The second kappa shape index (κ2) is 8.97. The van der Waals surface area contributed by atoms with Crippen molar-refractivity contribution in [2.45, 2.75) is 13.8 Å². The van der Waals surface area contributed by atoms with Crippen molar-refractivity contribution in [3.63, 3.8) is 0 Å². The molecule has 0 amide bonds. The van der Waals surface area contributed by atoms with Crippen LogP contribution >= 0.6 is 0 Å². The summed E-state index contributed by atoms with van der Waals surface area (Å²) in [5.41, 5.74) is -0.591. The Kier molecular flexibility index (Phi) is 6.06. The zero-order chi connectivity index (χ0) is 24.6. The van der Waals surface area contributed by atoms with Gasteiger partial charge in [0.15, 0.2) is 23.3 Å². The van der Waals surface area contributed by atoms with E-state index in [1.54, 1.807) is 12.1 Å². The second-order valence-electron chi connectivity index (χ2n) is 7.52. The molecule has 0 aliphatic carbocycles. The molecular weight excluding hydrogens is 452 g/mol. The molecule has 0 radical (unpaired) electrons. The van der Waals surface area contributed by atoms with Gasteiger partial charge in [-0.15, -0.1) is 0 Å². The molecular formula is C26H16F4O4. The number of carbonyl (C=O) groups is 2. The molecule has 0 aliphatic heterocycles. The van der Waals surface area contributed by atoms with Crippen LogP contribution < -0.4 is 9.47 Å². The van der Waals surface area contributed by atoms with Crippen molar-refractivity contribution in [1.29, 1.82) is 0 Å². The van der Waals surface area contributed by atoms with Gasteiger partial charge in [0.25, 0.3) is 0 Å². The third-order valence-corrected chi connectivity index (χ3v) is 5.32. The minimum atomic E-state index is -1.13. The fraction of sp³-hybridized carbons (Fsp3) is 0.0769. The average Bonchev–Trinajstić information content (AvgIpc) is 2.80. The number of hydrogen-bond donors (Lipinski definition) is 0. The lowest BCUT2D eigenvalue weighted by Crippen LogP contribution is -2.12. The number of ether oxygens (including phenoxy) is 2. The summed E-state index contributed by atoms with van der Waals surface area (Å²) < 4.78 is 64.8. The number of carbonyl (C=O) groups excluding carboxylic acids is 2. The lowest BCUT2D eigenvalue weighted by atomic mass is 10.1. The average molecular weight is 468 g/mol. The maximum Gasteiger partial charge on any atom is 0.343 e. The quantitative estimate of drug-likeness (QED) is 0.196. The Morgan fingerprint density at radius 1 is 0.588 bits per heavy atom. The van der Waals surface area contributed by atoms with Crippen molar-refractivity contribution in [1.82, 2.24) is 0 Å². The standard InChI is InChI=1S/C26H16F4O4/c1-13-19(7-9-21(27)23(13)29)25(31)33-17-5-3-15-4-6-18(12-16(15)11-17)34-26(32)20-8-10-22(28)24(30)14(20)2/h3-12H,1-2H3. The van der Waals surface area contributed by atoms with E-state index in [4.69, 9.17) is 9.47 Å². The molecule has 34 heavy (non-hydrogen) atoms. The monoisotopic (exact) mass is 468 g/mol. The fourth-order valence-corrected chi connectivity index (χ4v) is 3.40. The summed E-state index contributed by atoms with van der Waals surface area (Å²) in [7, 11) is 0. The Labute approximate surface area is 191 Å². The van der Waals surface area contributed by atoms with Crippen LogP contribution in [0.5, 0.6) is 11.5 Å². The van der Waals surface area contributed by atoms with Crippen LogP contribution in [0.25, 0.3) is 10.8 Å². The summed E-state index contributed by atoms with van der Waals surface area (Å²) in [5.74, 6) is -5.88. The van der Waals surface area contributed by atoms with Gasteiger partial charge in [-0.3, -0.25) is 0 Å². The van der Waals surface area contributed by atoms with Crippen LogP contribution in [0, 0.1) is 37.1 Å². The van der Waals surface area contributed by atoms with Crippen LogP contribution in [0.3, 0.4) is 0 Å². The Hall–Kier alpha value is -4.20. The first kappa shape index (κ1) is 23.0. The highest BCUT2D eigenvalue weighted by Crippen LogP contribution is 2.27. The Morgan fingerprint density at radius 3 is 1.41 bits per heavy atom. The van der Waals surface area contributed by atoms with Crippen LogP contribution in [0.15, 0.2) is 60.7 Å². The molecule has 0 unspecified atom stereocenters. The largest absolute Gasteiger partial charge is 0.423 e. The summed E-state index contributed by atoms with van der Waals surface area (Å²) >= 11 is 0. The normalized spacial score (nSPS) is 10.9. The van der Waals surface area contributed by atoms with Crippen molar-refractivity contribution < 1.29 is 36.6 Å². The topological polar surface area (TPSA) is 52.6 Å². The molecule has 0 atom stereocenters. The van der Waals surface area contributed by atoms with Crippen molar-refractivity contribution in [3.05, 3.63) is 106 Å². The molecule has 172 valence electrons. The molecule has 0 heterocycles. The Morgan fingerprint density at radius 2 is 1.00 bits per heavy atom. The fourth-order valence-electron chi connectivity index (χ4n) is 3.40. The summed E-state index contributed by atoms with van der Waals surface area (Å²) in [5, 5.41) is 1.27. The van der Waals surface area contributed by atoms with Gasteiger partial charge in [0.2, 0.25) is 0 Å². The summed E-state index contributed by atoms with van der Waals surface area (Å²) in [6.45, 7) is 2.54. The predicted octanol–water partition coefficient (Wildman–Crippen LogP) is 6.45. The van der Waals surface area contributed by atoms with E-state index in [9.17, 15) is 27.2 Å². The predicted molar refractivity (Wildman–Crippen MR) is 116 cm³/mol. The van der Waals surface area contributed by atoms with Crippen LogP contribution in [-0.2, 0) is 0 Å². The smallest absolute Gasteiger partial charge is 0.343 e. The molecule has 0 N–H and O–H groups in total. The first-order valence-corrected chi connectivity index (χ1v) is 10.0. The first-order chi connectivity index (χ1) is 16.2. The van der Waals surface area contributed by atoms with Gasteiger partial charge in [-0.05, 0) is 73.2 Å². The second-order valence-corrected chi connectivity index (χ2v) is 7.52. The van der Waals surface area contributed by atoms with Crippen molar-refractivity contribution in [3.8, 4) is 11.5 Å². The van der Waals surface area contributed by atoms with Crippen molar-refractivity contribution in [2.24, 2.45) is 0 Å². The van der Waals surface area contributed by atoms with Crippen molar-refractivity contribution in [2.75, 3.05) is 0 Å². The molecule has 0 fully saturated rings. The Bertz CT molecular complexity index is 1360. The number of rotatable bonds is 4. The summed E-state index contributed by atoms with van der Waals surface area (Å²) in [6.07, 6.45) is 0. The van der Waals surface area contributed by atoms with Gasteiger partial charge in [-0.1, -0.05) is 12.1 Å². The minimum Gasteiger partial charge on any atom is -0.423 e. The van der Waals surface area contributed by atoms with Crippen LogP contribution in [0.2, 0.25) is 0 Å². The molecule has 4 nitrogen and oxygen atoms in total. The summed E-state index contributed by atoms with van der Waals surface area (Å²) in [6, 6.07) is 13.3. The molecule has 0 spiro atoms. The maximum atomic E-state index is 13.8.